The number of aromatic carboxylic acids is 1. The Kier molecular flexibility index (Phi) is 4.85. The van der Waals surface area contributed by atoms with Gasteiger partial charge in [-0.1, -0.05) is 19.4 Å². The summed E-state index contributed by atoms with van der Waals surface area (Å²) >= 11 is 3.45. The van der Waals surface area contributed by atoms with E-state index in [1.807, 2.05) is 6.07 Å². The topological polar surface area (TPSA) is 79.3 Å². The van der Waals surface area contributed by atoms with Gasteiger partial charge in [0.1, 0.15) is 0 Å². The molecule has 2 heterocycles. The number of benzene rings is 1. The van der Waals surface area contributed by atoms with Crippen molar-refractivity contribution in [2.24, 2.45) is 5.92 Å². The molecular weight excluding hydrogens is 372 g/mol. The second-order valence-electron chi connectivity index (χ2n) is 6.20. The van der Waals surface area contributed by atoms with E-state index in [4.69, 9.17) is 5.11 Å². The van der Waals surface area contributed by atoms with Gasteiger partial charge in [-0.15, -0.1) is 0 Å². The third-order valence-electron chi connectivity index (χ3n) is 4.75. The summed E-state index contributed by atoms with van der Waals surface area (Å²) in [6.45, 7) is 2.11. The number of carboxylic acid groups (broad SMARTS) is 1. The van der Waals surface area contributed by atoms with Crippen LogP contribution in [0.2, 0.25) is 0 Å². The second kappa shape index (κ2) is 6.89. The number of nitrogens with zero attached hydrogens (tertiary/aromatic N) is 1. The fourth-order valence-electron chi connectivity index (χ4n) is 3.39. The minimum Gasteiger partial charge on any atom is -0.478 e. The van der Waals surface area contributed by atoms with E-state index < -0.39 is 5.97 Å². The molecule has 126 valence electrons. The fraction of sp³-hybridized carbons (Fsp3) is 0.389. The summed E-state index contributed by atoms with van der Waals surface area (Å²) in [4.78, 5) is 27.3. The van der Waals surface area contributed by atoms with Crippen molar-refractivity contribution in [2.75, 3.05) is 0 Å². The van der Waals surface area contributed by atoms with E-state index in [9.17, 15) is 9.59 Å². The summed E-state index contributed by atoms with van der Waals surface area (Å²) in [7, 11) is 0. The van der Waals surface area contributed by atoms with Crippen molar-refractivity contribution in [1.82, 2.24) is 10.3 Å². The maximum Gasteiger partial charge on any atom is 0.335 e. The molecule has 1 saturated heterocycles. The molecule has 0 radical (unpaired) electrons. The lowest BCUT2D eigenvalue weighted by molar-refractivity contribution is -0.119. The van der Waals surface area contributed by atoms with Crippen LogP contribution in [0, 0.1) is 5.92 Å². The largest absolute Gasteiger partial charge is 0.478 e. The molecule has 2 aromatic rings. The maximum atomic E-state index is 11.6. The van der Waals surface area contributed by atoms with E-state index in [0.717, 1.165) is 40.2 Å². The molecule has 1 aliphatic heterocycles. The van der Waals surface area contributed by atoms with E-state index in [0.29, 0.717) is 12.3 Å². The number of amides is 1. The molecule has 2 atom stereocenters. The highest BCUT2D eigenvalue weighted by atomic mass is 79.9. The number of hydrogen-bond acceptors (Lipinski definition) is 3. The Morgan fingerprint density at radius 2 is 2.21 bits per heavy atom. The molecule has 1 unspecified atom stereocenters. The van der Waals surface area contributed by atoms with Gasteiger partial charge in [-0.25, -0.2) is 4.79 Å². The van der Waals surface area contributed by atoms with Crippen LogP contribution in [-0.4, -0.2) is 28.0 Å². The third kappa shape index (κ3) is 3.29. The first-order valence-corrected chi connectivity index (χ1v) is 8.88. The lowest BCUT2D eigenvalue weighted by Crippen LogP contribution is -2.29. The normalized spacial score (nSPS) is 20.3. The van der Waals surface area contributed by atoms with Gasteiger partial charge in [-0.05, 0) is 46.8 Å². The summed E-state index contributed by atoms with van der Waals surface area (Å²) in [6.07, 6.45) is 4.90. The fourth-order valence-corrected chi connectivity index (χ4v) is 3.82. The quantitative estimate of drug-likeness (QED) is 0.817. The predicted octanol–water partition coefficient (Wildman–Crippen LogP) is 3.54. The molecule has 24 heavy (non-hydrogen) atoms. The number of carbonyl (C=O) groups is 2. The van der Waals surface area contributed by atoms with Crippen molar-refractivity contribution in [1.29, 1.82) is 0 Å². The first kappa shape index (κ1) is 16.9. The molecule has 1 fully saturated rings. The number of nitrogens with one attached hydrogen (secondary N) is 1. The van der Waals surface area contributed by atoms with Crippen LogP contribution in [0.15, 0.2) is 28.9 Å². The van der Waals surface area contributed by atoms with Gasteiger partial charge in [0.15, 0.2) is 0 Å². The van der Waals surface area contributed by atoms with Gasteiger partial charge in [0, 0.05) is 39.6 Å². The number of hydrogen-bond donors (Lipinski definition) is 2. The summed E-state index contributed by atoms with van der Waals surface area (Å²) in [6, 6.07) is 5.28. The highest BCUT2D eigenvalue weighted by molar-refractivity contribution is 9.10. The molecule has 2 N–H and O–H groups in total. The molecule has 1 aromatic heterocycles. The Bertz CT molecular complexity index is 806. The first-order chi connectivity index (χ1) is 11.5. The summed E-state index contributed by atoms with van der Waals surface area (Å²) in [5.41, 5.74) is 1.19. The lowest BCUT2D eigenvalue weighted by Gasteiger charge is -2.17. The van der Waals surface area contributed by atoms with E-state index in [-0.39, 0.29) is 17.5 Å². The Labute approximate surface area is 148 Å². The van der Waals surface area contributed by atoms with Crippen molar-refractivity contribution in [2.45, 2.75) is 38.6 Å². The molecule has 0 spiro atoms. The van der Waals surface area contributed by atoms with Crippen molar-refractivity contribution in [3.63, 3.8) is 0 Å². The van der Waals surface area contributed by atoms with Gasteiger partial charge < -0.3 is 10.4 Å². The average molecular weight is 391 g/mol. The smallest absolute Gasteiger partial charge is 0.335 e. The van der Waals surface area contributed by atoms with Crippen LogP contribution in [0.3, 0.4) is 0 Å². The van der Waals surface area contributed by atoms with Gasteiger partial charge in [0.25, 0.3) is 0 Å². The van der Waals surface area contributed by atoms with E-state index in [2.05, 4.69) is 33.2 Å². The van der Waals surface area contributed by atoms with Crippen molar-refractivity contribution >= 4 is 38.6 Å². The Morgan fingerprint density at radius 3 is 2.92 bits per heavy atom. The molecule has 0 saturated carbocycles. The molecule has 1 amide bonds. The average Bonchev–Trinajstić information content (AvgIpc) is 2.94. The Morgan fingerprint density at radius 1 is 1.42 bits per heavy atom. The molecule has 0 bridgehead atoms. The second-order valence-corrected chi connectivity index (χ2v) is 7.06. The minimum absolute atomic E-state index is 0.131. The van der Waals surface area contributed by atoms with Gasteiger partial charge in [0.05, 0.1) is 5.56 Å². The summed E-state index contributed by atoms with van der Waals surface area (Å²) < 4.78 is 0.782. The van der Waals surface area contributed by atoms with Crippen LogP contribution >= 0.6 is 15.9 Å². The van der Waals surface area contributed by atoms with Crippen molar-refractivity contribution < 1.29 is 14.7 Å². The molecule has 6 heteroatoms. The SMILES string of the molecule is CC[C@@H]1CC(=O)NC1CCc1ncc(Br)c2cc(C(=O)O)ccc12. The third-order valence-corrected chi connectivity index (χ3v) is 5.38. The Hall–Kier alpha value is -1.95. The van der Waals surface area contributed by atoms with Gasteiger partial charge in [0.2, 0.25) is 5.91 Å². The van der Waals surface area contributed by atoms with Gasteiger partial charge >= 0.3 is 5.97 Å². The zero-order chi connectivity index (χ0) is 17.3. The molecular formula is C18H19BrN2O3. The van der Waals surface area contributed by atoms with E-state index in [1.54, 1.807) is 18.3 Å². The number of aryl methyl sites for hydroxylation is 1. The Balaban J connectivity index is 1.86. The molecule has 3 rings (SSSR count). The number of aromatic nitrogens is 1. The van der Waals surface area contributed by atoms with E-state index in [1.165, 1.54) is 0 Å². The van der Waals surface area contributed by atoms with Crippen LogP contribution < -0.4 is 5.32 Å². The number of rotatable bonds is 5. The molecule has 1 aliphatic rings. The lowest BCUT2D eigenvalue weighted by atomic mass is 9.93. The molecule has 1 aromatic carbocycles. The van der Waals surface area contributed by atoms with Crippen LogP contribution in [0.4, 0.5) is 0 Å². The highest BCUT2D eigenvalue weighted by Gasteiger charge is 2.30. The van der Waals surface area contributed by atoms with Crippen LogP contribution in [-0.2, 0) is 11.2 Å². The predicted molar refractivity (Wildman–Crippen MR) is 95.1 cm³/mol. The number of halogens is 1. The number of carbonyl (C=O) groups excluding carboxylic acids is 1. The number of fused-ring (bicyclic) bond motifs is 1. The van der Waals surface area contributed by atoms with Crippen LogP contribution in [0.25, 0.3) is 10.8 Å². The van der Waals surface area contributed by atoms with Crippen molar-refractivity contribution in [3.05, 3.63) is 40.1 Å². The van der Waals surface area contributed by atoms with E-state index >= 15 is 0 Å². The zero-order valence-corrected chi connectivity index (χ0v) is 15.0. The maximum absolute atomic E-state index is 11.6. The first-order valence-electron chi connectivity index (χ1n) is 8.09. The van der Waals surface area contributed by atoms with Crippen LogP contribution in [0.5, 0.6) is 0 Å². The molecule has 0 aliphatic carbocycles. The highest BCUT2D eigenvalue weighted by Crippen LogP contribution is 2.29. The zero-order valence-electron chi connectivity index (χ0n) is 13.4. The standard InChI is InChI=1S/C18H19BrN2O3/c1-2-10-8-17(22)21-15(10)5-6-16-12-4-3-11(18(23)24)7-13(12)14(19)9-20-16/h3-4,7,9-10,15H,2,5-6,8H2,1H3,(H,21,22)(H,23,24)/t10-,15?/m1/s1. The number of carboxylic acids is 1. The molecule has 5 nitrogen and oxygen atoms in total. The van der Waals surface area contributed by atoms with Gasteiger partial charge in [-0.3, -0.25) is 9.78 Å². The monoisotopic (exact) mass is 390 g/mol. The van der Waals surface area contributed by atoms with Crippen molar-refractivity contribution in [3.8, 4) is 0 Å². The van der Waals surface area contributed by atoms with Crippen LogP contribution in [0.1, 0.15) is 42.2 Å². The summed E-state index contributed by atoms with van der Waals surface area (Å²) in [5, 5.41) is 14.0. The van der Waals surface area contributed by atoms with Gasteiger partial charge in [-0.2, -0.15) is 0 Å². The summed E-state index contributed by atoms with van der Waals surface area (Å²) in [5.74, 6) is -0.425. The minimum atomic E-state index is -0.943. The number of pyridine rings is 1.